The van der Waals surface area contributed by atoms with Crippen LogP contribution in [0.4, 0.5) is 0 Å². The standard InChI is InChI=1S/C26H39INO.HI/c1-29-26-18-16-25(17-19-26)23-28-21-13-15-24(22-28)14-11-9-7-5-3-2-4-6-8-10-12-20-27;/h13,15-19,21-22H,2-12,14,20,23H2,1H3;1H/q+1;/p-1. The number of hydrogen-bond acceptors (Lipinski definition) is 1. The predicted molar refractivity (Wildman–Crippen MR) is 132 cm³/mol. The maximum Gasteiger partial charge on any atom is 0.173 e. The van der Waals surface area contributed by atoms with Crippen molar-refractivity contribution < 1.29 is 33.3 Å². The summed E-state index contributed by atoms with van der Waals surface area (Å²) in [7, 11) is 1.71. The largest absolute Gasteiger partial charge is 1.00 e. The zero-order valence-electron chi connectivity index (χ0n) is 18.6. The predicted octanol–water partition coefficient (Wildman–Crippen LogP) is 4.30. The van der Waals surface area contributed by atoms with Crippen molar-refractivity contribution in [1.29, 1.82) is 0 Å². The zero-order chi connectivity index (χ0) is 20.6. The van der Waals surface area contributed by atoms with Crippen LogP contribution in [0.15, 0.2) is 48.8 Å². The monoisotopic (exact) mass is 635 g/mol. The van der Waals surface area contributed by atoms with E-state index in [1.165, 1.54) is 92.6 Å². The minimum atomic E-state index is 0. The number of ether oxygens (including phenoxy) is 1. The van der Waals surface area contributed by atoms with Crippen LogP contribution < -0.4 is 33.3 Å². The fourth-order valence-corrected chi connectivity index (χ4v) is 4.32. The van der Waals surface area contributed by atoms with Crippen LogP contribution in [0.25, 0.3) is 0 Å². The topological polar surface area (TPSA) is 13.1 Å². The summed E-state index contributed by atoms with van der Waals surface area (Å²) in [6.45, 7) is 0.913. The summed E-state index contributed by atoms with van der Waals surface area (Å²) >= 11 is 2.48. The van der Waals surface area contributed by atoms with Crippen molar-refractivity contribution in [1.82, 2.24) is 0 Å². The molecule has 0 saturated heterocycles. The maximum atomic E-state index is 5.24. The van der Waals surface area contributed by atoms with Crippen LogP contribution in [0.1, 0.15) is 81.8 Å². The average molecular weight is 635 g/mol. The number of rotatable bonds is 16. The summed E-state index contributed by atoms with van der Waals surface area (Å²) in [6, 6.07) is 12.8. The van der Waals surface area contributed by atoms with E-state index in [1.807, 2.05) is 12.1 Å². The third kappa shape index (κ3) is 12.5. The van der Waals surface area contributed by atoms with Crippen molar-refractivity contribution in [2.75, 3.05) is 11.5 Å². The second kappa shape index (κ2) is 18.2. The van der Waals surface area contributed by atoms with Crippen LogP contribution in [0.3, 0.4) is 0 Å². The van der Waals surface area contributed by atoms with Gasteiger partial charge in [0.25, 0.3) is 0 Å². The second-order valence-corrected chi connectivity index (χ2v) is 9.14. The Balaban J connectivity index is 0.00000450. The fourth-order valence-electron chi connectivity index (χ4n) is 3.78. The van der Waals surface area contributed by atoms with Crippen molar-refractivity contribution in [2.24, 2.45) is 0 Å². The van der Waals surface area contributed by atoms with E-state index < -0.39 is 0 Å². The molecule has 0 aliphatic rings. The van der Waals surface area contributed by atoms with Crippen LogP contribution in [-0.4, -0.2) is 11.5 Å². The first-order valence-corrected chi connectivity index (χ1v) is 13.0. The highest BCUT2D eigenvalue weighted by Gasteiger charge is 2.05. The molecule has 0 aliphatic carbocycles. The van der Waals surface area contributed by atoms with Crippen LogP contribution in [0.2, 0.25) is 0 Å². The number of hydrogen-bond donors (Lipinski definition) is 0. The van der Waals surface area contributed by atoms with Gasteiger partial charge in [0.1, 0.15) is 5.75 Å². The van der Waals surface area contributed by atoms with Gasteiger partial charge < -0.3 is 28.7 Å². The van der Waals surface area contributed by atoms with Gasteiger partial charge in [-0.25, -0.2) is 4.57 Å². The van der Waals surface area contributed by atoms with Gasteiger partial charge in [0, 0.05) is 17.2 Å². The molecule has 0 unspecified atom stereocenters. The quantitative estimate of drug-likeness (QED) is 0.116. The van der Waals surface area contributed by atoms with E-state index in [9.17, 15) is 0 Å². The number of aryl methyl sites for hydroxylation is 1. The lowest BCUT2D eigenvalue weighted by molar-refractivity contribution is -0.688. The minimum absolute atomic E-state index is 0. The van der Waals surface area contributed by atoms with E-state index in [2.05, 4.69) is 63.8 Å². The summed E-state index contributed by atoms with van der Waals surface area (Å²) in [6.07, 6.45) is 21.2. The molecule has 0 saturated carbocycles. The Kier molecular flexibility index (Phi) is 16.8. The molecular formula is C26H39I2NO. The summed E-state index contributed by atoms with van der Waals surface area (Å²) in [4.78, 5) is 0. The highest BCUT2D eigenvalue weighted by Crippen LogP contribution is 2.13. The highest BCUT2D eigenvalue weighted by atomic mass is 127. The van der Waals surface area contributed by atoms with Gasteiger partial charge in [0.2, 0.25) is 0 Å². The first-order chi connectivity index (χ1) is 14.3. The molecule has 1 aromatic heterocycles. The molecule has 168 valence electrons. The number of methoxy groups -OCH3 is 1. The van der Waals surface area contributed by atoms with Crippen molar-refractivity contribution in [3.63, 3.8) is 0 Å². The van der Waals surface area contributed by atoms with Gasteiger partial charge in [-0.3, -0.25) is 0 Å². The van der Waals surface area contributed by atoms with E-state index in [-0.39, 0.29) is 24.0 Å². The zero-order valence-corrected chi connectivity index (χ0v) is 22.9. The molecule has 2 rings (SSSR count). The molecule has 0 amide bonds. The molecule has 0 fully saturated rings. The first kappa shape index (κ1) is 27.7. The van der Waals surface area contributed by atoms with E-state index in [0.29, 0.717) is 0 Å². The third-order valence-corrected chi connectivity index (χ3v) is 6.31. The molecule has 1 aromatic carbocycles. The SMILES string of the molecule is COc1ccc(C[n+]2cccc(CCCCCCCCCCCCCI)c2)cc1.[I-]. The summed E-state index contributed by atoms with van der Waals surface area (Å²) in [5, 5.41) is 0. The van der Waals surface area contributed by atoms with Crippen LogP contribution in [-0.2, 0) is 13.0 Å². The molecule has 0 bridgehead atoms. The summed E-state index contributed by atoms with van der Waals surface area (Å²) in [5.41, 5.74) is 2.76. The van der Waals surface area contributed by atoms with E-state index >= 15 is 0 Å². The number of unbranched alkanes of at least 4 members (excludes halogenated alkanes) is 10. The second-order valence-electron chi connectivity index (χ2n) is 8.06. The molecule has 0 aliphatic heterocycles. The maximum absolute atomic E-state index is 5.24. The number of alkyl halides is 1. The molecule has 1 heterocycles. The molecule has 0 radical (unpaired) electrons. The molecule has 0 spiro atoms. The number of benzene rings is 1. The molecule has 0 N–H and O–H groups in total. The van der Waals surface area contributed by atoms with Crippen LogP contribution >= 0.6 is 22.6 Å². The van der Waals surface area contributed by atoms with Crippen LogP contribution in [0.5, 0.6) is 5.75 Å². The average Bonchev–Trinajstić information content (AvgIpc) is 2.75. The molecule has 2 aromatic rings. The van der Waals surface area contributed by atoms with E-state index in [1.54, 1.807) is 7.11 Å². The molecule has 2 nitrogen and oxygen atoms in total. The van der Waals surface area contributed by atoms with Crippen molar-refractivity contribution >= 4 is 22.6 Å². The van der Waals surface area contributed by atoms with Crippen molar-refractivity contribution in [3.8, 4) is 5.75 Å². The fraction of sp³-hybridized carbons (Fsp3) is 0.577. The molecule has 30 heavy (non-hydrogen) atoms. The van der Waals surface area contributed by atoms with E-state index in [0.717, 1.165) is 12.3 Å². The first-order valence-electron chi connectivity index (χ1n) is 11.5. The Hall–Kier alpha value is -0.370. The molecular weight excluding hydrogens is 596 g/mol. The number of nitrogens with zero attached hydrogens (tertiary/aromatic N) is 1. The minimum Gasteiger partial charge on any atom is -1.00 e. The van der Waals surface area contributed by atoms with Gasteiger partial charge in [-0.15, -0.1) is 0 Å². The number of halogens is 2. The smallest absolute Gasteiger partial charge is 0.173 e. The number of aromatic nitrogens is 1. The summed E-state index contributed by atoms with van der Waals surface area (Å²) < 4.78 is 8.85. The molecule has 4 heteroatoms. The lowest BCUT2D eigenvalue weighted by Gasteiger charge is -2.04. The van der Waals surface area contributed by atoms with Gasteiger partial charge in [0.15, 0.2) is 18.9 Å². The number of pyridine rings is 1. The van der Waals surface area contributed by atoms with Crippen LogP contribution in [0, 0.1) is 0 Å². The Morgan fingerprint density at radius 1 is 0.733 bits per heavy atom. The highest BCUT2D eigenvalue weighted by molar-refractivity contribution is 14.1. The normalized spacial score (nSPS) is 10.6. The Bertz CT molecular complexity index is 660. The van der Waals surface area contributed by atoms with Crippen molar-refractivity contribution in [2.45, 2.75) is 83.6 Å². The van der Waals surface area contributed by atoms with Gasteiger partial charge in [-0.2, -0.15) is 0 Å². The van der Waals surface area contributed by atoms with Gasteiger partial charge >= 0.3 is 0 Å². The Morgan fingerprint density at radius 3 is 1.87 bits per heavy atom. The van der Waals surface area contributed by atoms with Gasteiger partial charge in [-0.05, 0) is 54.0 Å². The third-order valence-electron chi connectivity index (χ3n) is 5.54. The van der Waals surface area contributed by atoms with E-state index in [4.69, 9.17) is 4.74 Å². The van der Waals surface area contributed by atoms with Crippen molar-refractivity contribution in [3.05, 3.63) is 59.9 Å². The summed E-state index contributed by atoms with van der Waals surface area (Å²) in [5.74, 6) is 0.916. The Labute approximate surface area is 215 Å². The lowest BCUT2D eigenvalue weighted by atomic mass is 10.0. The molecule has 0 atom stereocenters. The Morgan fingerprint density at radius 2 is 1.30 bits per heavy atom. The lowest BCUT2D eigenvalue weighted by Crippen LogP contribution is -3.00. The van der Waals surface area contributed by atoms with Gasteiger partial charge in [0.05, 0.1) is 7.11 Å². The van der Waals surface area contributed by atoms with Gasteiger partial charge in [-0.1, -0.05) is 80.4 Å².